The first-order valence-electron chi connectivity index (χ1n) is 5.04. The Labute approximate surface area is 99.9 Å². The summed E-state index contributed by atoms with van der Waals surface area (Å²) in [5, 5.41) is 4.23. The number of aromatic nitrogens is 2. The van der Waals surface area contributed by atoms with Crippen LogP contribution in [0.15, 0.2) is 36.5 Å². The summed E-state index contributed by atoms with van der Waals surface area (Å²) in [7, 11) is 0. The molecule has 2 rings (SSSR count). The van der Waals surface area contributed by atoms with Crippen molar-refractivity contribution in [1.82, 2.24) is 9.78 Å². The highest BCUT2D eigenvalue weighted by Crippen LogP contribution is 2.07. The summed E-state index contributed by atoms with van der Waals surface area (Å²) < 4.78 is 1.95. The number of thiocarbonyl (C=S) groups is 1. The lowest BCUT2D eigenvalue weighted by Gasteiger charge is -2.05. The van der Waals surface area contributed by atoms with Gasteiger partial charge in [0.15, 0.2) is 0 Å². The Morgan fingerprint density at radius 3 is 2.50 bits per heavy atom. The number of aryl methyl sites for hydroxylation is 1. The Kier molecular flexibility index (Phi) is 3.01. The van der Waals surface area contributed by atoms with E-state index in [1.165, 1.54) is 5.56 Å². The van der Waals surface area contributed by atoms with Crippen LogP contribution in [0.3, 0.4) is 0 Å². The molecule has 0 aliphatic rings. The predicted octanol–water partition coefficient (Wildman–Crippen LogP) is 1.87. The summed E-state index contributed by atoms with van der Waals surface area (Å²) in [6.07, 6.45) is 1.80. The molecule has 0 amide bonds. The van der Waals surface area contributed by atoms with Gasteiger partial charge < -0.3 is 5.73 Å². The van der Waals surface area contributed by atoms with E-state index < -0.39 is 0 Å². The summed E-state index contributed by atoms with van der Waals surface area (Å²) in [4.78, 5) is 0.432. The first kappa shape index (κ1) is 10.8. The molecule has 16 heavy (non-hydrogen) atoms. The van der Waals surface area contributed by atoms with Gasteiger partial charge in [-0.25, -0.2) is 0 Å². The highest BCUT2D eigenvalue weighted by atomic mass is 32.1. The number of rotatable bonds is 3. The van der Waals surface area contributed by atoms with E-state index in [1.54, 1.807) is 6.20 Å². The third-order valence-electron chi connectivity index (χ3n) is 2.50. The summed E-state index contributed by atoms with van der Waals surface area (Å²) in [6.45, 7) is 2.81. The fraction of sp³-hybridized carbons (Fsp3) is 0.167. The Hall–Kier alpha value is -1.68. The molecule has 0 spiro atoms. The van der Waals surface area contributed by atoms with Crippen molar-refractivity contribution in [3.05, 3.63) is 53.3 Å². The van der Waals surface area contributed by atoms with Crippen molar-refractivity contribution in [2.45, 2.75) is 13.5 Å². The Balaban J connectivity index is 2.17. The van der Waals surface area contributed by atoms with Crippen molar-refractivity contribution in [2.24, 2.45) is 5.73 Å². The Morgan fingerprint density at radius 1 is 1.31 bits per heavy atom. The van der Waals surface area contributed by atoms with E-state index in [1.807, 2.05) is 41.9 Å². The van der Waals surface area contributed by atoms with Crippen molar-refractivity contribution in [3.63, 3.8) is 0 Å². The smallest absolute Gasteiger partial charge is 0.103 e. The van der Waals surface area contributed by atoms with Gasteiger partial charge in [-0.05, 0) is 18.6 Å². The van der Waals surface area contributed by atoms with Crippen LogP contribution in [-0.2, 0) is 6.54 Å². The maximum Gasteiger partial charge on any atom is 0.103 e. The molecular weight excluding hydrogens is 218 g/mol. The van der Waals surface area contributed by atoms with Gasteiger partial charge in [-0.3, -0.25) is 4.68 Å². The van der Waals surface area contributed by atoms with Crippen LogP contribution in [0.5, 0.6) is 0 Å². The van der Waals surface area contributed by atoms with Crippen LogP contribution in [0.1, 0.15) is 16.8 Å². The van der Waals surface area contributed by atoms with Crippen LogP contribution in [0.4, 0.5) is 0 Å². The van der Waals surface area contributed by atoms with Crippen LogP contribution in [0.25, 0.3) is 0 Å². The van der Waals surface area contributed by atoms with E-state index in [2.05, 4.69) is 5.10 Å². The van der Waals surface area contributed by atoms with E-state index in [9.17, 15) is 0 Å². The second-order valence-electron chi connectivity index (χ2n) is 3.69. The van der Waals surface area contributed by atoms with Crippen molar-refractivity contribution < 1.29 is 0 Å². The van der Waals surface area contributed by atoms with Gasteiger partial charge in [-0.15, -0.1) is 0 Å². The molecule has 0 saturated carbocycles. The van der Waals surface area contributed by atoms with Crippen LogP contribution < -0.4 is 5.73 Å². The molecule has 0 aliphatic heterocycles. The lowest BCUT2D eigenvalue weighted by molar-refractivity contribution is 0.665. The number of benzene rings is 1. The molecule has 4 heteroatoms. The first-order chi connectivity index (χ1) is 7.66. The van der Waals surface area contributed by atoms with Gasteiger partial charge in [0.2, 0.25) is 0 Å². The maximum atomic E-state index is 5.54. The van der Waals surface area contributed by atoms with Crippen LogP contribution in [0.2, 0.25) is 0 Å². The minimum Gasteiger partial charge on any atom is -0.389 e. The minimum absolute atomic E-state index is 0.432. The molecule has 0 bridgehead atoms. The van der Waals surface area contributed by atoms with Crippen molar-refractivity contribution in [1.29, 1.82) is 0 Å². The molecule has 1 heterocycles. The molecule has 2 N–H and O–H groups in total. The number of hydrogen-bond donors (Lipinski definition) is 1. The summed E-state index contributed by atoms with van der Waals surface area (Å²) in [5.41, 5.74) is 8.78. The van der Waals surface area contributed by atoms with Crippen molar-refractivity contribution in [2.75, 3.05) is 0 Å². The minimum atomic E-state index is 0.432. The monoisotopic (exact) mass is 231 g/mol. The SMILES string of the molecule is Cc1ccnn1Cc1ccc(C(N)=S)cc1. The third-order valence-corrected chi connectivity index (χ3v) is 2.74. The molecule has 0 unspecified atom stereocenters. The predicted molar refractivity (Wildman–Crippen MR) is 68.4 cm³/mol. The summed E-state index contributed by atoms with van der Waals surface area (Å²) in [6, 6.07) is 9.92. The zero-order valence-corrected chi connectivity index (χ0v) is 9.87. The molecule has 2 aromatic rings. The Morgan fingerprint density at radius 2 is 2.00 bits per heavy atom. The summed E-state index contributed by atoms with van der Waals surface area (Å²) >= 11 is 4.90. The first-order valence-corrected chi connectivity index (χ1v) is 5.45. The van der Waals surface area contributed by atoms with Gasteiger partial charge in [-0.2, -0.15) is 5.10 Å². The molecule has 1 aromatic heterocycles. The van der Waals surface area contributed by atoms with Gasteiger partial charge in [0.25, 0.3) is 0 Å². The zero-order valence-electron chi connectivity index (χ0n) is 9.05. The molecule has 82 valence electrons. The van der Waals surface area contributed by atoms with E-state index in [0.717, 1.165) is 17.8 Å². The van der Waals surface area contributed by atoms with Gasteiger partial charge in [0.05, 0.1) is 6.54 Å². The highest BCUT2D eigenvalue weighted by Gasteiger charge is 2.00. The normalized spacial score (nSPS) is 10.3. The van der Waals surface area contributed by atoms with Gasteiger partial charge in [0.1, 0.15) is 4.99 Å². The molecule has 0 atom stereocenters. The largest absolute Gasteiger partial charge is 0.389 e. The molecule has 0 fully saturated rings. The number of nitrogens with zero attached hydrogens (tertiary/aromatic N) is 2. The van der Waals surface area contributed by atoms with Gasteiger partial charge >= 0.3 is 0 Å². The van der Waals surface area contributed by atoms with E-state index in [0.29, 0.717) is 4.99 Å². The lowest BCUT2D eigenvalue weighted by Crippen LogP contribution is -2.09. The van der Waals surface area contributed by atoms with Gasteiger partial charge in [0, 0.05) is 17.5 Å². The molecular formula is C12H13N3S. The second kappa shape index (κ2) is 4.45. The fourth-order valence-electron chi connectivity index (χ4n) is 1.51. The zero-order chi connectivity index (χ0) is 11.5. The second-order valence-corrected chi connectivity index (χ2v) is 4.13. The van der Waals surface area contributed by atoms with E-state index in [4.69, 9.17) is 18.0 Å². The van der Waals surface area contributed by atoms with Crippen LogP contribution in [-0.4, -0.2) is 14.8 Å². The Bertz CT molecular complexity index is 499. The topological polar surface area (TPSA) is 43.8 Å². The van der Waals surface area contributed by atoms with Crippen molar-refractivity contribution in [3.8, 4) is 0 Å². The molecule has 0 radical (unpaired) electrons. The third kappa shape index (κ3) is 2.28. The quantitative estimate of drug-likeness (QED) is 0.820. The average Bonchev–Trinajstić information content (AvgIpc) is 2.65. The fourth-order valence-corrected chi connectivity index (χ4v) is 1.65. The van der Waals surface area contributed by atoms with E-state index in [-0.39, 0.29) is 0 Å². The number of nitrogens with two attached hydrogens (primary N) is 1. The molecule has 3 nitrogen and oxygen atoms in total. The molecule has 0 saturated heterocycles. The number of hydrogen-bond acceptors (Lipinski definition) is 2. The molecule has 1 aromatic carbocycles. The van der Waals surface area contributed by atoms with E-state index >= 15 is 0 Å². The lowest BCUT2D eigenvalue weighted by atomic mass is 10.1. The maximum absolute atomic E-state index is 5.54. The van der Waals surface area contributed by atoms with Crippen LogP contribution >= 0.6 is 12.2 Å². The molecule has 0 aliphatic carbocycles. The van der Waals surface area contributed by atoms with Gasteiger partial charge in [-0.1, -0.05) is 36.5 Å². The van der Waals surface area contributed by atoms with Crippen molar-refractivity contribution >= 4 is 17.2 Å². The summed E-state index contributed by atoms with van der Waals surface area (Å²) in [5.74, 6) is 0. The highest BCUT2D eigenvalue weighted by molar-refractivity contribution is 7.80. The van der Waals surface area contributed by atoms with Crippen LogP contribution in [0, 0.1) is 6.92 Å². The standard InChI is InChI=1S/C12H13N3S/c1-9-6-7-14-15(9)8-10-2-4-11(5-3-10)12(13)16/h2-7H,8H2,1H3,(H2,13,16). The average molecular weight is 231 g/mol.